The van der Waals surface area contributed by atoms with Crippen LogP contribution in [0.25, 0.3) is 0 Å². The van der Waals surface area contributed by atoms with Gasteiger partial charge < -0.3 is 11.1 Å². The Hall–Kier alpha value is -1.01. The summed E-state index contributed by atoms with van der Waals surface area (Å²) >= 11 is 6.25. The number of carbonyl (C=O) groups is 1. The highest BCUT2D eigenvalue weighted by atomic mass is 32.1. The SMILES string of the molecule is Cc1nc(C(=O)NCC(C)C(N)=S)cs1. The van der Waals surface area contributed by atoms with Crippen LogP contribution >= 0.6 is 23.6 Å². The number of nitrogens with one attached hydrogen (secondary N) is 1. The number of carbonyl (C=O) groups excluding carboxylic acids is 1. The van der Waals surface area contributed by atoms with Crippen LogP contribution in [0.5, 0.6) is 0 Å². The Morgan fingerprint density at radius 3 is 2.93 bits per heavy atom. The molecular formula is C9H13N3OS2. The molecule has 1 heterocycles. The zero-order valence-electron chi connectivity index (χ0n) is 8.61. The molecule has 0 radical (unpaired) electrons. The Labute approximate surface area is 97.9 Å². The molecule has 82 valence electrons. The summed E-state index contributed by atoms with van der Waals surface area (Å²) < 4.78 is 0. The van der Waals surface area contributed by atoms with Crippen LogP contribution in [0.4, 0.5) is 0 Å². The van der Waals surface area contributed by atoms with E-state index in [0.717, 1.165) is 5.01 Å². The quantitative estimate of drug-likeness (QED) is 0.777. The van der Waals surface area contributed by atoms with Gasteiger partial charge in [-0.3, -0.25) is 4.79 Å². The number of hydrogen-bond acceptors (Lipinski definition) is 4. The van der Waals surface area contributed by atoms with E-state index in [4.69, 9.17) is 18.0 Å². The summed E-state index contributed by atoms with van der Waals surface area (Å²) in [5.74, 6) is -0.175. The number of thiazole rings is 1. The van der Waals surface area contributed by atoms with Gasteiger partial charge in [0.05, 0.1) is 10.00 Å². The third-order valence-corrected chi connectivity index (χ3v) is 3.08. The molecule has 0 spiro atoms. The number of aromatic nitrogens is 1. The van der Waals surface area contributed by atoms with Crippen LogP contribution in [-0.4, -0.2) is 22.4 Å². The van der Waals surface area contributed by atoms with Crippen molar-refractivity contribution in [3.8, 4) is 0 Å². The van der Waals surface area contributed by atoms with Crippen molar-refractivity contribution in [2.75, 3.05) is 6.54 Å². The molecule has 1 amide bonds. The van der Waals surface area contributed by atoms with Gasteiger partial charge >= 0.3 is 0 Å². The Balaban J connectivity index is 2.47. The van der Waals surface area contributed by atoms with Crippen LogP contribution in [0.1, 0.15) is 22.4 Å². The Morgan fingerprint density at radius 2 is 2.47 bits per heavy atom. The number of amides is 1. The van der Waals surface area contributed by atoms with E-state index in [1.165, 1.54) is 11.3 Å². The van der Waals surface area contributed by atoms with Crippen molar-refractivity contribution in [2.45, 2.75) is 13.8 Å². The Bertz CT molecular complexity index is 375. The van der Waals surface area contributed by atoms with Crippen molar-refractivity contribution >= 4 is 34.5 Å². The van der Waals surface area contributed by atoms with Crippen LogP contribution in [0.15, 0.2) is 5.38 Å². The first kappa shape index (κ1) is 12.1. The molecule has 6 heteroatoms. The minimum absolute atomic E-state index is 0.00341. The van der Waals surface area contributed by atoms with Gasteiger partial charge in [-0.25, -0.2) is 4.98 Å². The topological polar surface area (TPSA) is 68.0 Å². The predicted octanol–water partition coefficient (Wildman–Crippen LogP) is 1.10. The smallest absolute Gasteiger partial charge is 0.270 e. The minimum Gasteiger partial charge on any atom is -0.393 e. The molecule has 3 N–H and O–H groups in total. The lowest BCUT2D eigenvalue weighted by molar-refractivity contribution is 0.0947. The summed E-state index contributed by atoms with van der Waals surface area (Å²) in [4.78, 5) is 16.0. The van der Waals surface area contributed by atoms with E-state index in [1.54, 1.807) is 5.38 Å². The van der Waals surface area contributed by atoms with E-state index >= 15 is 0 Å². The summed E-state index contributed by atoms with van der Waals surface area (Å²) in [6.45, 7) is 4.18. The van der Waals surface area contributed by atoms with Crippen LogP contribution in [0.2, 0.25) is 0 Å². The first-order chi connectivity index (χ1) is 7.00. The van der Waals surface area contributed by atoms with Crippen molar-refractivity contribution < 1.29 is 4.79 Å². The maximum Gasteiger partial charge on any atom is 0.270 e. The number of aryl methyl sites for hydroxylation is 1. The van der Waals surface area contributed by atoms with Crippen LogP contribution in [-0.2, 0) is 0 Å². The molecule has 0 fully saturated rings. The van der Waals surface area contributed by atoms with Crippen LogP contribution < -0.4 is 11.1 Å². The number of nitrogens with two attached hydrogens (primary N) is 1. The highest BCUT2D eigenvalue weighted by Gasteiger charge is 2.11. The summed E-state index contributed by atoms with van der Waals surface area (Å²) in [5.41, 5.74) is 5.88. The van der Waals surface area contributed by atoms with E-state index < -0.39 is 0 Å². The van der Waals surface area contributed by atoms with E-state index in [2.05, 4.69) is 10.3 Å². The Morgan fingerprint density at radius 1 is 1.80 bits per heavy atom. The van der Waals surface area contributed by atoms with Crippen LogP contribution in [0, 0.1) is 12.8 Å². The monoisotopic (exact) mass is 243 g/mol. The largest absolute Gasteiger partial charge is 0.393 e. The molecule has 1 aromatic heterocycles. The number of nitrogens with zero attached hydrogens (tertiary/aromatic N) is 1. The minimum atomic E-state index is -0.178. The fourth-order valence-electron chi connectivity index (χ4n) is 0.905. The molecule has 1 atom stereocenters. The third kappa shape index (κ3) is 3.56. The molecule has 15 heavy (non-hydrogen) atoms. The molecule has 1 aromatic rings. The molecule has 1 rings (SSSR count). The lowest BCUT2D eigenvalue weighted by Crippen LogP contribution is -2.33. The lowest BCUT2D eigenvalue weighted by atomic mass is 10.2. The van der Waals surface area contributed by atoms with E-state index in [0.29, 0.717) is 17.2 Å². The molecule has 0 aromatic carbocycles. The van der Waals surface area contributed by atoms with Crippen molar-refractivity contribution in [3.63, 3.8) is 0 Å². The standard InChI is InChI=1S/C9H13N3OS2/c1-5(8(10)14)3-11-9(13)7-4-15-6(2)12-7/h4-5H,3H2,1-2H3,(H2,10,14)(H,11,13). The van der Waals surface area contributed by atoms with Crippen LogP contribution in [0.3, 0.4) is 0 Å². The molecule has 0 aliphatic carbocycles. The second-order valence-electron chi connectivity index (χ2n) is 3.27. The summed E-state index contributed by atoms with van der Waals surface area (Å²) in [6, 6.07) is 0. The normalized spacial score (nSPS) is 12.1. The van der Waals surface area contributed by atoms with Gasteiger partial charge in [-0.1, -0.05) is 19.1 Å². The molecular weight excluding hydrogens is 230 g/mol. The highest BCUT2D eigenvalue weighted by molar-refractivity contribution is 7.80. The molecule has 1 unspecified atom stereocenters. The van der Waals surface area contributed by atoms with Crippen molar-refractivity contribution in [1.29, 1.82) is 0 Å². The van der Waals surface area contributed by atoms with Gasteiger partial charge in [-0.2, -0.15) is 0 Å². The molecule has 4 nitrogen and oxygen atoms in total. The molecule has 0 aliphatic heterocycles. The second-order valence-corrected chi connectivity index (χ2v) is 4.80. The maximum absolute atomic E-state index is 11.5. The fourth-order valence-corrected chi connectivity index (χ4v) is 1.58. The highest BCUT2D eigenvalue weighted by Crippen LogP contribution is 2.07. The predicted molar refractivity (Wildman–Crippen MR) is 65.1 cm³/mol. The average molecular weight is 243 g/mol. The fraction of sp³-hybridized carbons (Fsp3) is 0.444. The number of rotatable bonds is 4. The van der Waals surface area contributed by atoms with Crippen molar-refractivity contribution in [2.24, 2.45) is 11.7 Å². The van der Waals surface area contributed by atoms with Gasteiger partial charge in [-0.15, -0.1) is 11.3 Å². The number of hydrogen-bond donors (Lipinski definition) is 2. The van der Waals surface area contributed by atoms with Gasteiger partial charge in [-0.05, 0) is 6.92 Å². The van der Waals surface area contributed by atoms with E-state index in [1.807, 2.05) is 13.8 Å². The third-order valence-electron chi connectivity index (χ3n) is 1.91. The summed E-state index contributed by atoms with van der Waals surface area (Å²) in [7, 11) is 0. The van der Waals surface area contributed by atoms with Gasteiger partial charge in [0.25, 0.3) is 5.91 Å². The average Bonchev–Trinajstić information content (AvgIpc) is 2.60. The van der Waals surface area contributed by atoms with Gasteiger partial charge in [0, 0.05) is 17.8 Å². The zero-order valence-corrected chi connectivity index (χ0v) is 10.2. The number of thiocarbonyl (C=S) groups is 1. The van der Waals surface area contributed by atoms with Crippen molar-refractivity contribution in [1.82, 2.24) is 10.3 Å². The first-order valence-corrected chi connectivity index (χ1v) is 5.79. The second kappa shape index (κ2) is 5.18. The van der Waals surface area contributed by atoms with Gasteiger partial charge in [0.15, 0.2) is 0 Å². The Kier molecular flexibility index (Phi) is 4.16. The van der Waals surface area contributed by atoms with E-state index in [9.17, 15) is 4.79 Å². The van der Waals surface area contributed by atoms with Gasteiger partial charge in [0.2, 0.25) is 0 Å². The maximum atomic E-state index is 11.5. The zero-order chi connectivity index (χ0) is 11.4. The molecule has 0 aliphatic rings. The van der Waals surface area contributed by atoms with Gasteiger partial charge in [0.1, 0.15) is 5.69 Å². The molecule has 0 bridgehead atoms. The summed E-state index contributed by atoms with van der Waals surface area (Å²) in [6.07, 6.45) is 0. The lowest BCUT2D eigenvalue weighted by Gasteiger charge is -2.09. The summed E-state index contributed by atoms with van der Waals surface area (Å²) in [5, 5.41) is 5.34. The first-order valence-electron chi connectivity index (χ1n) is 4.50. The van der Waals surface area contributed by atoms with Crippen molar-refractivity contribution in [3.05, 3.63) is 16.1 Å². The van der Waals surface area contributed by atoms with E-state index in [-0.39, 0.29) is 11.8 Å². The molecule has 0 saturated carbocycles. The molecule has 0 saturated heterocycles.